The quantitative estimate of drug-likeness (QED) is 0.667. The Morgan fingerprint density at radius 2 is 1.52 bits per heavy atom. The van der Waals surface area contributed by atoms with E-state index in [4.69, 9.17) is 10.6 Å². The van der Waals surface area contributed by atoms with Crippen LogP contribution in [0.25, 0.3) is 0 Å². The van der Waals surface area contributed by atoms with Gasteiger partial charge in [-0.25, -0.2) is 5.43 Å². The van der Waals surface area contributed by atoms with Crippen molar-refractivity contribution in [3.63, 3.8) is 0 Å². The Labute approximate surface area is 127 Å². The van der Waals surface area contributed by atoms with E-state index in [1.807, 2.05) is 0 Å². The minimum Gasteiger partial charge on any atom is -0.496 e. The van der Waals surface area contributed by atoms with Crippen molar-refractivity contribution < 1.29 is 4.74 Å². The smallest absolute Gasteiger partial charge is 0.122 e. The monoisotopic (exact) mass is 284 g/mol. The first kappa shape index (κ1) is 15.5. The molecule has 1 atom stereocenters. The Balaban J connectivity index is 2.53. The molecule has 0 fully saturated rings. The molecule has 0 aliphatic rings. The molecule has 3 N–H and O–H groups in total. The van der Waals surface area contributed by atoms with Gasteiger partial charge in [0.1, 0.15) is 5.75 Å². The third-order valence-electron chi connectivity index (χ3n) is 3.84. The van der Waals surface area contributed by atoms with Crippen LogP contribution in [0.5, 0.6) is 5.75 Å². The average Bonchev–Trinajstić information content (AvgIpc) is 2.42. The van der Waals surface area contributed by atoms with E-state index >= 15 is 0 Å². The second-order valence-corrected chi connectivity index (χ2v) is 5.70. The van der Waals surface area contributed by atoms with Gasteiger partial charge in [-0.1, -0.05) is 35.4 Å². The molecule has 0 saturated heterocycles. The number of benzene rings is 2. The van der Waals surface area contributed by atoms with Gasteiger partial charge in [-0.2, -0.15) is 0 Å². The lowest BCUT2D eigenvalue weighted by Gasteiger charge is -2.21. The summed E-state index contributed by atoms with van der Waals surface area (Å²) in [5, 5.41) is 0. The van der Waals surface area contributed by atoms with Gasteiger partial charge in [0.25, 0.3) is 0 Å². The molecule has 1 unspecified atom stereocenters. The van der Waals surface area contributed by atoms with Gasteiger partial charge in [-0.15, -0.1) is 0 Å². The minimum atomic E-state index is -0.0202. The summed E-state index contributed by atoms with van der Waals surface area (Å²) in [7, 11) is 1.70. The summed E-state index contributed by atoms with van der Waals surface area (Å²) in [6.07, 6.45) is 0. The number of methoxy groups -OCH3 is 1. The molecule has 0 heterocycles. The molecule has 0 amide bonds. The van der Waals surface area contributed by atoms with E-state index < -0.39 is 0 Å². The van der Waals surface area contributed by atoms with Crippen LogP contribution in [0.1, 0.15) is 39.4 Å². The van der Waals surface area contributed by atoms with Crippen molar-refractivity contribution in [3.05, 3.63) is 63.7 Å². The maximum Gasteiger partial charge on any atom is 0.122 e. The van der Waals surface area contributed by atoms with Gasteiger partial charge in [0.15, 0.2) is 0 Å². The number of hydrogen-bond donors (Lipinski definition) is 2. The summed E-state index contributed by atoms with van der Waals surface area (Å²) in [5.41, 5.74) is 10.1. The molecule has 2 aromatic rings. The van der Waals surface area contributed by atoms with Crippen molar-refractivity contribution in [1.29, 1.82) is 0 Å². The fourth-order valence-electron chi connectivity index (χ4n) is 2.89. The zero-order chi connectivity index (χ0) is 15.6. The van der Waals surface area contributed by atoms with Crippen molar-refractivity contribution in [2.45, 2.75) is 33.7 Å². The maximum atomic E-state index is 5.85. The zero-order valence-corrected chi connectivity index (χ0v) is 13.4. The molecule has 112 valence electrons. The highest BCUT2D eigenvalue weighted by Gasteiger charge is 2.17. The van der Waals surface area contributed by atoms with Crippen LogP contribution in [0.15, 0.2) is 30.3 Å². The Kier molecular flexibility index (Phi) is 4.66. The third kappa shape index (κ3) is 3.26. The molecule has 21 heavy (non-hydrogen) atoms. The van der Waals surface area contributed by atoms with E-state index in [0.29, 0.717) is 0 Å². The predicted octanol–water partition coefficient (Wildman–Crippen LogP) is 3.48. The summed E-state index contributed by atoms with van der Waals surface area (Å²) in [4.78, 5) is 0. The highest BCUT2D eigenvalue weighted by molar-refractivity contribution is 5.46. The van der Waals surface area contributed by atoms with E-state index in [2.05, 4.69) is 63.5 Å². The number of aryl methyl sites for hydroxylation is 4. The molecule has 0 aliphatic heterocycles. The van der Waals surface area contributed by atoms with Crippen LogP contribution >= 0.6 is 0 Å². The fraction of sp³-hybridized carbons (Fsp3) is 0.333. The summed E-state index contributed by atoms with van der Waals surface area (Å²) < 4.78 is 5.39. The van der Waals surface area contributed by atoms with Crippen LogP contribution < -0.4 is 16.0 Å². The third-order valence-corrected chi connectivity index (χ3v) is 3.84. The summed E-state index contributed by atoms with van der Waals surface area (Å²) in [5.74, 6) is 6.75. The summed E-state index contributed by atoms with van der Waals surface area (Å²) >= 11 is 0. The van der Waals surface area contributed by atoms with E-state index in [1.54, 1.807) is 7.11 Å². The van der Waals surface area contributed by atoms with E-state index in [0.717, 1.165) is 11.3 Å². The number of nitrogens with one attached hydrogen (secondary N) is 1. The van der Waals surface area contributed by atoms with Crippen LogP contribution in [0, 0.1) is 27.7 Å². The van der Waals surface area contributed by atoms with E-state index in [1.165, 1.54) is 27.8 Å². The van der Waals surface area contributed by atoms with Gasteiger partial charge < -0.3 is 4.74 Å². The van der Waals surface area contributed by atoms with Crippen molar-refractivity contribution >= 4 is 0 Å². The molecule has 0 spiro atoms. The van der Waals surface area contributed by atoms with Crippen LogP contribution in [0.2, 0.25) is 0 Å². The van der Waals surface area contributed by atoms with Gasteiger partial charge in [-0.05, 0) is 56.0 Å². The van der Waals surface area contributed by atoms with Crippen LogP contribution in [0.4, 0.5) is 0 Å². The first-order valence-electron chi connectivity index (χ1n) is 7.15. The van der Waals surface area contributed by atoms with Gasteiger partial charge >= 0.3 is 0 Å². The first-order valence-corrected chi connectivity index (χ1v) is 7.15. The highest BCUT2D eigenvalue weighted by atomic mass is 16.5. The Bertz CT molecular complexity index is 630. The first-order chi connectivity index (χ1) is 9.96. The van der Waals surface area contributed by atoms with Gasteiger partial charge in [-0.3, -0.25) is 5.84 Å². The lowest BCUT2D eigenvalue weighted by Crippen LogP contribution is -2.29. The molecule has 0 radical (unpaired) electrons. The zero-order valence-electron chi connectivity index (χ0n) is 13.4. The molecule has 0 aromatic heterocycles. The van der Waals surface area contributed by atoms with Crippen molar-refractivity contribution in [2.24, 2.45) is 5.84 Å². The minimum absolute atomic E-state index is 0.0202. The van der Waals surface area contributed by atoms with Crippen molar-refractivity contribution in [2.75, 3.05) is 7.11 Å². The standard InChI is InChI=1S/C18H24N2O/c1-11-6-12(2)8-15(7-11)18(20-19)16-9-14(4)17(21-5)10-13(16)3/h6-10,18,20H,19H2,1-5H3. The van der Waals surface area contributed by atoms with Crippen LogP contribution in [0.3, 0.4) is 0 Å². The topological polar surface area (TPSA) is 47.3 Å². The van der Waals surface area contributed by atoms with Gasteiger partial charge in [0.05, 0.1) is 13.2 Å². The van der Waals surface area contributed by atoms with Crippen LogP contribution in [-0.4, -0.2) is 7.11 Å². The highest BCUT2D eigenvalue weighted by Crippen LogP contribution is 2.30. The molecule has 0 bridgehead atoms. The molecular formula is C18H24N2O. The van der Waals surface area contributed by atoms with E-state index in [-0.39, 0.29) is 6.04 Å². The molecule has 3 nitrogen and oxygen atoms in total. The number of ether oxygens (including phenoxy) is 1. The Hall–Kier alpha value is -1.84. The lowest BCUT2D eigenvalue weighted by molar-refractivity contribution is 0.411. The lowest BCUT2D eigenvalue weighted by atomic mass is 9.92. The largest absolute Gasteiger partial charge is 0.496 e. The van der Waals surface area contributed by atoms with Crippen molar-refractivity contribution in [1.82, 2.24) is 5.43 Å². The Morgan fingerprint density at radius 1 is 0.905 bits per heavy atom. The number of hydrazine groups is 1. The van der Waals surface area contributed by atoms with Gasteiger partial charge in [0, 0.05) is 0 Å². The number of hydrogen-bond acceptors (Lipinski definition) is 3. The SMILES string of the molecule is COc1cc(C)c(C(NN)c2cc(C)cc(C)c2)cc1C. The molecule has 2 aromatic carbocycles. The molecular weight excluding hydrogens is 260 g/mol. The molecule has 3 heteroatoms. The van der Waals surface area contributed by atoms with E-state index in [9.17, 15) is 0 Å². The molecule has 2 rings (SSSR count). The maximum absolute atomic E-state index is 5.85. The summed E-state index contributed by atoms with van der Waals surface area (Å²) in [6, 6.07) is 10.7. The predicted molar refractivity (Wildman–Crippen MR) is 87.6 cm³/mol. The molecule has 0 saturated carbocycles. The second kappa shape index (κ2) is 6.29. The van der Waals surface area contributed by atoms with Gasteiger partial charge in [0.2, 0.25) is 0 Å². The number of nitrogens with two attached hydrogens (primary N) is 1. The Morgan fingerprint density at radius 3 is 2.05 bits per heavy atom. The molecule has 0 aliphatic carbocycles. The average molecular weight is 284 g/mol. The van der Waals surface area contributed by atoms with Crippen molar-refractivity contribution in [3.8, 4) is 5.75 Å². The summed E-state index contributed by atoms with van der Waals surface area (Å²) in [6.45, 7) is 8.35. The number of rotatable bonds is 4. The van der Waals surface area contributed by atoms with Crippen LogP contribution in [-0.2, 0) is 0 Å². The fourth-order valence-corrected chi connectivity index (χ4v) is 2.89. The normalized spacial score (nSPS) is 12.3. The second-order valence-electron chi connectivity index (χ2n) is 5.70.